The highest BCUT2D eigenvalue weighted by Gasteiger charge is 2.09. The molecule has 7 heteroatoms. The predicted octanol–water partition coefficient (Wildman–Crippen LogP) is 2.67. The lowest BCUT2D eigenvalue weighted by Crippen LogP contribution is -2.29. The molecule has 0 bridgehead atoms. The number of hydrogen-bond donors (Lipinski definition) is 1. The van der Waals surface area contributed by atoms with Gasteiger partial charge in [-0.15, -0.1) is 0 Å². The Morgan fingerprint density at radius 2 is 1.96 bits per heavy atom. The van der Waals surface area contributed by atoms with Crippen molar-refractivity contribution in [2.24, 2.45) is 0 Å². The van der Waals surface area contributed by atoms with E-state index in [1.54, 1.807) is 43.5 Å². The van der Waals surface area contributed by atoms with E-state index in [1.807, 2.05) is 11.9 Å². The summed E-state index contributed by atoms with van der Waals surface area (Å²) in [5.41, 5.74) is 1.62. The van der Waals surface area contributed by atoms with Gasteiger partial charge in [0.1, 0.15) is 5.75 Å². The Morgan fingerprint density at radius 3 is 2.58 bits per heavy atom. The van der Waals surface area contributed by atoms with Gasteiger partial charge in [0.05, 0.1) is 18.6 Å². The van der Waals surface area contributed by atoms with Gasteiger partial charge >= 0.3 is 0 Å². The molecule has 1 amide bonds. The lowest BCUT2D eigenvalue weighted by molar-refractivity contribution is -0.384. The van der Waals surface area contributed by atoms with Gasteiger partial charge in [0.2, 0.25) is 5.91 Å². The number of ether oxygens (including phenoxy) is 1. The van der Waals surface area contributed by atoms with Crippen molar-refractivity contribution in [2.75, 3.05) is 26.0 Å². The maximum Gasteiger partial charge on any atom is 0.269 e. The van der Waals surface area contributed by atoms with Crippen LogP contribution < -0.4 is 10.1 Å². The van der Waals surface area contributed by atoms with Crippen LogP contribution in [0.25, 0.3) is 0 Å². The number of nitro benzene ring substituents is 1. The maximum atomic E-state index is 12.1. The Bertz CT molecular complexity index is 716. The number of hydrogen-bond acceptors (Lipinski definition) is 5. The van der Waals surface area contributed by atoms with Crippen LogP contribution in [0.4, 0.5) is 11.4 Å². The number of amides is 1. The number of methoxy groups -OCH3 is 1. The molecule has 0 unspecified atom stereocenters. The lowest BCUT2D eigenvalue weighted by Gasteiger charge is -2.16. The first-order valence-electron chi connectivity index (χ1n) is 7.33. The highest BCUT2D eigenvalue weighted by molar-refractivity contribution is 5.92. The van der Waals surface area contributed by atoms with Gasteiger partial charge in [-0.3, -0.25) is 19.8 Å². The van der Waals surface area contributed by atoms with Gasteiger partial charge in [0, 0.05) is 30.4 Å². The second-order valence-corrected chi connectivity index (χ2v) is 5.38. The molecule has 0 radical (unpaired) electrons. The van der Waals surface area contributed by atoms with Crippen molar-refractivity contribution in [3.05, 3.63) is 64.2 Å². The fraction of sp³-hybridized carbons (Fsp3) is 0.235. The molecule has 1 N–H and O–H groups in total. The molecule has 24 heavy (non-hydrogen) atoms. The number of carbonyl (C=O) groups is 1. The third kappa shape index (κ3) is 5.06. The van der Waals surface area contributed by atoms with E-state index in [1.165, 1.54) is 12.1 Å². The molecule has 0 aliphatic rings. The minimum atomic E-state index is -0.435. The van der Waals surface area contributed by atoms with Crippen LogP contribution >= 0.6 is 0 Å². The van der Waals surface area contributed by atoms with Gasteiger partial charge in [-0.25, -0.2) is 0 Å². The summed E-state index contributed by atoms with van der Waals surface area (Å²) < 4.78 is 5.11. The van der Waals surface area contributed by atoms with Gasteiger partial charge in [-0.1, -0.05) is 18.2 Å². The van der Waals surface area contributed by atoms with Crippen molar-refractivity contribution < 1.29 is 14.5 Å². The van der Waals surface area contributed by atoms with Crippen LogP contribution in [0.5, 0.6) is 5.75 Å². The normalized spacial score (nSPS) is 10.5. The zero-order valence-corrected chi connectivity index (χ0v) is 13.6. The van der Waals surface area contributed by atoms with E-state index in [0.29, 0.717) is 18.0 Å². The summed E-state index contributed by atoms with van der Waals surface area (Å²) in [4.78, 5) is 24.1. The van der Waals surface area contributed by atoms with E-state index in [2.05, 4.69) is 5.32 Å². The second-order valence-electron chi connectivity index (χ2n) is 5.38. The molecule has 0 aliphatic carbocycles. The summed E-state index contributed by atoms with van der Waals surface area (Å²) in [5.74, 6) is 0.527. The largest absolute Gasteiger partial charge is 0.497 e. The van der Waals surface area contributed by atoms with Crippen molar-refractivity contribution in [3.8, 4) is 5.75 Å². The Kier molecular flexibility index (Phi) is 5.86. The number of nitro groups is 1. The first kappa shape index (κ1) is 17.4. The monoisotopic (exact) mass is 329 g/mol. The topological polar surface area (TPSA) is 84.7 Å². The summed E-state index contributed by atoms with van der Waals surface area (Å²) in [7, 11) is 3.38. The van der Waals surface area contributed by atoms with E-state index in [-0.39, 0.29) is 18.1 Å². The first-order chi connectivity index (χ1) is 11.5. The van der Waals surface area contributed by atoms with Crippen LogP contribution in [0.1, 0.15) is 5.56 Å². The number of non-ortho nitro benzene ring substituents is 1. The molecule has 126 valence electrons. The molecule has 0 fully saturated rings. The quantitative estimate of drug-likeness (QED) is 0.623. The SMILES string of the molecule is COc1cccc(NC(=O)CN(C)Cc2ccc([N+](=O)[O-])cc2)c1. The molecule has 0 saturated carbocycles. The molecule has 0 aliphatic heterocycles. The maximum absolute atomic E-state index is 12.1. The molecule has 2 aromatic carbocycles. The van der Waals surface area contributed by atoms with Crippen LogP contribution in [0, 0.1) is 10.1 Å². The summed E-state index contributed by atoms with van der Waals surface area (Å²) in [5, 5.41) is 13.4. The summed E-state index contributed by atoms with van der Waals surface area (Å²) in [6.07, 6.45) is 0. The van der Waals surface area contributed by atoms with Crippen molar-refractivity contribution >= 4 is 17.3 Å². The average Bonchev–Trinajstić information content (AvgIpc) is 2.55. The van der Waals surface area contributed by atoms with E-state index < -0.39 is 4.92 Å². The van der Waals surface area contributed by atoms with Crippen molar-refractivity contribution in [1.29, 1.82) is 0 Å². The minimum absolute atomic E-state index is 0.0529. The molecule has 0 aromatic heterocycles. The van der Waals surface area contributed by atoms with E-state index in [9.17, 15) is 14.9 Å². The van der Waals surface area contributed by atoms with Gasteiger partial charge in [-0.05, 0) is 24.7 Å². The number of nitrogens with one attached hydrogen (secondary N) is 1. The Hall–Kier alpha value is -2.93. The molecule has 0 saturated heterocycles. The first-order valence-corrected chi connectivity index (χ1v) is 7.33. The zero-order valence-electron chi connectivity index (χ0n) is 13.6. The van der Waals surface area contributed by atoms with Crippen molar-refractivity contribution in [3.63, 3.8) is 0 Å². The lowest BCUT2D eigenvalue weighted by atomic mass is 10.2. The van der Waals surface area contributed by atoms with Crippen LogP contribution in [-0.4, -0.2) is 36.4 Å². The number of anilines is 1. The molecule has 0 heterocycles. The minimum Gasteiger partial charge on any atom is -0.497 e. The molecular weight excluding hydrogens is 310 g/mol. The fourth-order valence-corrected chi connectivity index (χ4v) is 2.24. The summed E-state index contributed by atoms with van der Waals surface area (Å²) >= 11 is 0. The molecular formula is C17H19N3O4. The van der Waals surface area contributed by atoms with E-state index >= 15 is 0 Å². The van der Waals surface area contributed by atoms with Gasteiger partial charge in [0.15, 0.2) is 0 Å². The molecule has 7 nitrogen and oxygen atoms in total. The number of benzene rings is 2. The zero-order chi connectivity index (χ0) is 17.5. The highest BCUT2D eigenvalue weighted by Crippen LogP contribution is 2.17. The second kappa shape index (κ2) is 8.07. The number of rotatable bonds is 7. The van der Waals surface area contributed by atoms with Gasteiger partial charge < -0.3 is 10.1 Å². The van der Waals surface area contributed by atoms with E-state index in [0.717, 1.165) is 5.56 Å². The van der Waals surface area contributed by atoms with Crippen LogP contribution in [-0.2, 0) is 11.3 Å². The number of carbonyl (C=O) groups excluding carboxylic acids is 1. The number of likely N-dealkylation sites (N-methyl/N-ethyl adjacent to an activating group) is 1. The molecule has 2 rings (SSSR count). The standard InChI is InChI=1S/C17H19N3O4/c1-19(11-13-6-8-15(9-7-13)20(22)23)12-17(21)18-14-4-3-5-16(10-14)24-2/h3-10H,11-12H2,1-2H3,(H,18,21). The number of nitrogens with zero attached hydrogens (tertiary/aromatic N) is 2. The van der Waals surface area contributed by atoms with Crippen molar-refractivity contribution in [2.45, 2.75) is 6.54 Å². The van der Waals surface area contributed by atoms with Crippen LogP contribution in [0.15, 0.2) is 48.5 Å². The third-order valence-corrected chi connectivity index (χ3v) is 3.37. The smallest absolute Gasteiger partial charge is 0.269 e. The van der Waals surface area contributed by atoms with Crippen LogP contribution in [0.3, 0.4) is 0 Å². The predicted molar refractivity (Wildman–Crippen MR) is 91.1 cm³/mol. The highest BCUT2D eigenvalue weighted by atomic mass is 16.6. The Balaban J connectivity index is 1.87. The average molecular weight is 329 g/mol. The molecule has 0 spiro atoms. The Labute approximate surface area is 140 Å². The van der Waals surface area contributed by atoms with Gasteiger partial charge in [-0.2, -0.15) is 0 Å². The summed E-state index contributed by atoms with van der Waals surface area (Å²) in [6.45, 7) is 0.720. The van der Waals surface area contributed by atoms with Crippen molar-refractivity contribution in [1.82, 2.24) is 4.90 Å². The molecule has 0 atom stereocenters. The van der Waals surface area contributed by atoms with E-state index in [4.69, 9.17) is 4.74 Å². The third-order valence-electron chi connectivity index (χ3n) is 3.37. The fourth-order valence-electron chi connectivity index (χ4n) is 2.24. The van der Waals surface area contributed by atoms with Gasteiger partial charge in [0.25, 0.3) is 5.69 Å². The van der Waals surface area contributed by atoms with Crippen LogP contribution in [0.2, 0.25) is 0 Å². The summed E-state index contributed by atoms with van der Waals surface area (Å²) in [6, 6.07) is 13.4. The molecule has 2 aromatic rings. The Morgan fingerprint density at radius 1 is 1.25 bits per heavy atom.